The van der Waals surface area contributed by atoms with E-state index in [9.17, 15) is 8.42 Å². The summed E-state index contributed by atoms with van der Waals surface area (Å²) in [5, 5.41) is 5.17. The van der Waals surface area contributed by atoms with Gasteiger partial charge in [-0.05, 0) is 36.4 Å². The summed E-state index contributed by atoms with van der Waals surface area (Å²) in [6.07, 6.45) is 3.44. The molecule has 1 aromatic heterocycles. The summed E-state index contributed by atoms with van der Waals surface area (Å²) in [5.41, 5.74) is 0.954. The van der Waals surface area contributed by atoms with E-state index in [0.717, 1.165) is 24.9 Å². The van der Waals surface area contributed by atoms with Gasteiger partial charge in [0.1, 0.15) is 4.21 Å². The lowest BCUT2D eigenvalue weighted by Crippen LogP contribution is -2.14. The molecule has 1 aromatic rings. The minimum absolute atomic E-state index is 0.242. The fourth-order valence-electron chi connectivity index (χ4n) is 1.82. The lowest BCUT2D eigenvalue weighted by Gasteiger charge is -2.09. The van der Waals surface area contributed by atoms with Crippen LogP contribution in [0.15, 0.2) is 15.7 Å². The minimum Gasteiger partial charge on any atom is -0.310 e. The molecule has 0 aliphatic carbocycles. The van der Waals surface area contributed by atoms with Crippen molar-refractivity contribution in [3.05, 3.63) is 17.0 Å². The van der Waals surface area contributed by atoms with Crippen LogP contribution in [0.3, 0.4) is 0 Å². The van der Waals surface area contributed by atoms with Crippen LogP contribution in [0.5, 0.6) is 0 Å². The van der Waals surface area contributed by atoms with Gasteiger partial charge in [0.15, 0.2) is 9.84 Å². The van der Waals surface area contributed by atoms with Crippen LogP contribution in [0.2, 0.25) is 0 Å². The van der Waals surface area contributed by atoms with Gasteiger partial charge in [0.2, 0.25) is 0 Å². The second kappa shape index (κ2) is 3.64. The molecule has 0 radical (unpaired) electrons. The van der Waals surface area contributed by atoms with Gasteiger partial charge in [-0.1, -0.05) is 0 Å². The van der Waals surface area contributed by atoms with Crippen molar-refractivity contribution >= 4 is 21.2 Å². The van der Waals surface area contributed by atoms with Crippen LogP contribution in [-0.4, -0.2) is 21.2 Å². The Balaban J connectivity index is 2.39. The Morgan fingerprint density at radius 2 is 2.36 bits per heavy atom. The van der Waals surface area contributed by atoms with E-state index in [1.165, 1.54) is 17.6 Å². The molecule has 1 fully saturated rings. The number of sulfone groups is 1. The topological polar surface area (TPSA) is 46.2 Å². The van der Waals surface area contributed by atoms with Crippen molar-refractivity contribution < 1.29 is 8.42 Å². The van der Waals surface area contributed by atoms with Gasteiger partial charge < -0.3 is 5.32 Å². The van der Waals surface area contributed by atoms with E-state index >= 15 is 0 Å². The molecule has 1 saturated heterocycles. The van der Waals surface area contributed by atoms with Crippen molar-refractivity contribution in [2.24, 2.45) is 0 Å². The zero-order chi connectivity index (χ0) is 10.2. The Morgan fingerprint density at radius 1 is 1.57 bits per heavy atom. The second-order valence-electron chi connectivity index (χ2n) is 3.58. The molecular weight excluding hydrogens is 218 g/mol. The summed E-state index contributed by atoms with van der Waals surface area (Å²) < 4.78 is 23.4. The molecule has 2 heterocycles. The number of rotatable bonds is 2. The molecule has 0 spiro atoms. The maximum Gasteiger partial charge on any atom is 0.185 e. The van der Waals surface area contributed by atoms with E-state index in [0.29, 0.717) is 4.21 Å². The molecule has 0 aromatic carbocycles. The lowest BCUT2D eigenvalue weighted by atomic mass is 10.1. The van der Waals surface area contributed by atoms with Crippen LogP contribution < -0.4 is 5.32 Å². The largest absolute Gasteiger partial charge is 0.310 e. The molecule has 1 N–H and O–H groups in total. The van der Waals surface area contributed by atoms with Gasteiger partial charge >= 0.3 is 0 Å². The molecule has 78 valence electrons. The maximum atomic E-state index is 11.5. The second-order valence-corrected chi connectivity index (χ2v) is 6.71. The molecular formula is C9H13NO2S2. The smallest absolute Gasteiger partial charge is 0.185 e. The Morgan fingerprint density at radius 3 is 2.93 bits per heavy atom. The van der Waals surface area contributed by atoms with Gasteiger partial charge in [-0.2, -0.15) is 0 Å². The van der Waals surface area contributed by atoms with Crippen molar-refractivity contribution in [1.29, 1.82) is 0 Å². The summed E-state index contributed by atoms with van der Waals surface area (Å²) in [5.74, 6) is 0. The average molecular weight is 231 g/mol. The van der Waals surface area contributed by atoms with Crippen molar-refractivity contribution in [2.45, 2.75) is 23.1 Å². The molecule has 3 nitrogen and oxygen atoms in total. The van der Waals surface area contributed by atoms with Crippen LogP contribution in [-0.2, 0) is 9.84 Å². The highest BCUT2D eigenvalue weighted by atomic mass is 32.2. The number of thiophene rings is 1. The van der Waals surface area contributed by atoms with Crippen LogP contribution in [0.4, 0.5) is 0 Å². The molecule has 2 rings (SSSR count). The first-order chi connectivity index (χ1) is 6.59. The van der Waals surface area contributed by atoms with Crippen LogP contribution in [0.25, 0.3) is 0 Å². The van der Waals surface area contributed by atoms with Gasteiger partial charge in [-0.15, -0.1) is 11.3 Å². The summed E-state index contributed by atoms with van der Waals surface area (Å²) in [7, 11) is -3.05. The normalized spacial score (nSPS) is 22.8. The van der Waals surface area contributed by atoms with E-state index in [-0.39, 0.29) is 6.04 Å². The monoisotopic (exact) mass is 231 g/mol. The zero-order valence-electron chi connectivity index (χ0n) is 7.99. The van der Waals surface area contributed by atoms with E-state index in [1.807, 2.05) is 11.4 Å². The average Bonchev–Trinajstić information content (AvgIpc) is 2.73. The fraction of sp³-hybridized carbons (Fsp3) is 0.556. The predicted molar refractivity (Wildman–Crippen MR) is 57.4 cm³/mol. The molecule has 0 bridgehead atoms. The van der Waals surface area contributed by atoms with Gasteiger partial charge in [0.25, 0.3) is 0 Å². The molecule has 1 aliphatic rings. The third-order valence-corrected chi connectivity index (χ3v) is 5.26. The number of hydrogen-bond donors (Lipinski definition) is 1. The fourth-order valence-corrected chi connectivity index (χ4v) is 4.00. The van der Waals surface area contributed by atoms with Gasteiger partial charge in [-0.3, -0.25) is 0 Å². The van der Waals surface area contributed by atoms with E-state index < -0.39 is 9.84 Å². The third-order valence-electron chi connectivity index (χ3n) is 2.43. The summed E-state index contributed by atoms with van der Waals surface area (Å²) >= 11 is 1.32. The number of nitrogens with one attached hydrogen (secondary N) is 1. The first-order valence-corrected chi connectivity index (χ1v) is 7.37. The van der Waals surface area contributed by atoms with Crippen molar-refractivity contribution in [1.82, 2.24) is 5.32 Å². The van der Waals surface area contributed by atoms with Crippen molar-refractivity contribution in [2.75, 3.05) is 12.8 Å². The van der Waals surface area contributed by atoms with Gasteiger partial charge in [-0.25, -0.2) is 8.42 Å². The maximum absolute atomic E-state index is 11.5. The summed E-state index contributed by atoms with van der Waals surface area (Å²) in [6, 6.07) is 2.16. The Labute approximate surface area is 88.1 Å². The van der Waals surface area contributed by atoms with E-state index in [4.69, 9.17) is 0 Å². The highest BCUT2D eigenvalue weighted by Crippen LogP contribution is 2.32. The van der Waals surface area contributed by atoms with Crippen LogP contribution >= 0.6 is 11.3 Å². The summed E-state index contributed by atoms with van der Waals surface area (Å²) in [6.45, 7) is 0.990. The highest BCUT2D eigenvalue weighted by Gasteiger charge is 2.24. The molecule has 1 atom stereocenters. The first kappa shape index (κ1) is 10.1. The Bertz CT molecular complexity index is 416. The molecule has 0 saturated carbocycles. The SMILES string of the molecule is CS(=O)(=O)c1sccc1C1CCCN1. The van der Waals surface area contributed by atoms with Crippen LogP contribution in [0, 0.1) is 0 Å². The minimum atomic E-state index is -3.05. The van der Waals surface area contributed by atoms with E-state index in [1.54, 1.807) is 0 Å². The van der Waals surface area contributed by atoms with Crippen molar-refractivity contribution in [3.8, 4) is 0 Å². The zero-order valence-corrected chi connectivity index (χ0v) is 9.62. The van der Waals surface area contributed by atoms with Gasteiger partial charge in [0.05, 0.1) is 0 Å². The molecule has 5 heteroatoms. The van der Waals surface area contributed by atoms with Crippen LogP contribution in [0.1, 0.15) is 24.4 Å². The first-order valence-electron chi connectivity index (χ1n) is 4.60. The number of hydrogen-bond acceptors (Lipinski definition) is 4. The lowest BCUT2D eigenvalue weighted by molar-refractivity contribution is 0.596. The molecule has 1 aliphatic heterocycles. The quantitative estimate of drug-likeness (QED) is 0.840. The molecule has 0 amide bonds. The molecule has 1 unspecified atom stereocenters. The van der Waals surface area contributed by atoms with E-state index in [2.05, 4.69) is 5.32 Å². The Kier molecular flexibility index (Phi) is 2.64. The highest BCUT2D eigenvalue weighted by molar-refractivity contribution is 7.92. The summed E-state index contributed by atoms with van der Waals surface area (Å²) in [4.78, 5) is 0. The standard InChI is InChI=1S/C9H13NO2S2/c1-14(11,12)9-7(4-6-13-9)8-3-2-5-10-8/h4,6,8,10H,2-3,5H2,1H3. The predicted octanol–water partition coefficient (Wildman–Crippen LogP) is 1.58. The third kappa shape index (κ3) is 1.85. The Hall–Kier alpha value is -0.390. The van der Waals surface area contributed by atoms with Crippen molar-refractivity contribution in [3.63, 3.8) is 0 Å². The van der Waals surface area contributed by atoms with Gasteiger partial charge in [0, 0.05) is 12.3 Å². The molecule has 14 heavy (non-hydrogen) atoms.